The summed E-state index contributed by atoms with van der Waals surface area (Å²) in [4.78, 5) is 13.3. The number of unbranched alkanes of at least 4 members (excludes halogenated alkanes) is 9. The minimum atomic E-state index is -0.265. The number of anilines is 1. The van der Waals surface area contributed by atoms with E-state index in [1.807, 2.05) is 0 Å². The zero-order valence-electron chi connectivity index (χ0n) is 18.1. The third-order valence-electron chi connectivity index (χ3n) is 4.78. The first-order valence-corrected chi connectivity index (χ1v) is 10.5. The zero-order valence-corrected chi connectivity index (χ0v) is 19.7. The van der Waals surface area contributed by atoms with Gasteiger partial charge in [-0.2, -0.15) is 0 Å². The fourth-order valence-electron chi connectivity index (χ4n) is 3.00. The van der Waals surface area contributed by atoms with Crippen molar-refractivity contribution in [2.24, 2.45) is 0 Å². The maximum atomic E-state index is 11.2. The quantitative estimate of drug-likeness (QED) is 0.176. The summed E-state index contributed by atoms with van der Waals surface area (Å²) in [5.41, 5.74) is 1.73. The largest absolute Gasteiger partial charge is 1.00 e. The Labute approximate surface area is 182 Å². The Morgan fingerprint density at radius 2 is 1.39 bits per heavy atom. The topological polar surface area (TPSA) is 33.4 Å². The molecule has 0 radical (unpaired) electrons. The van der Waals surface area contributed by atoms with Gasteiger partial charge in [0, 0.05) is 43.9 Å². The van der Waals surface area contributed by atoms with Crippen LogP contribution in [0.5, 0.6) is 0 Å². The van der Waals surface area contributed by atoms with Crippen LogP contribution in [0.25, 0.3) is 0 Å². The number of ether oxygens (including phenoxy) is 1. The fourth-order valence-corrected chi connectivity index (χ4v) is 3.00. The number of hydrogen-bond donors (Lipinski definition) is 0. The highest BCUT2D eigenvalue weighted by Crippen LogP contribution is 2.11. The highest BCUT2D eigenvalue weighted by atomic mass is 79.9. The van der Waals surface area contributed by atoms with Crippen LogP contribution in [0.1, 0.15) is 71.1 Å². The third-order valence-corrected chi connectivity index (χ3v) is 4.78. The summed E-state index contributed by atoms with van der Waals surface area (Å²) in [5, 5.41) is 0. The van der Waals surface area contributed by atoms with E-state index < -0.39 is 0 Å². The number of rotatable bonds is 15. The van der Waals surface area contributed by atoms with Crippen LogP contribution in [0.2, 0.25) is 0 Å². The van der Waals surface area contributed by atoms with Gasteiger partial charge in [0.25, 0.3) is 0 Å². The molecule has 0 N–H and O–H groups in total. The fraction of sp³-hybridized carbons (Fsp3) is 0.652. The summed E-state index contributed by atoms with van der Waals surface area (Å²) in [7, 11) is 4.14. The maximum absolute atomic E-state index is 11.2. The van der Waals surface area contributed by atoms with Crippen molar-refractivity contribution < 1.29 is 31.1 Å². The van der Waals surface area contributed by atoms with Crippen molar-refractivity contribution in [3.63, 3.8) is 0 Å². The number of nitrogens with zero attached hydrogens (tertiary/aromatic N) is 2. The molecule has 1 aromatic rings. The molecule has 0 bridgehead atoms. The molecule has 0 aliphatic heterocycles. The molecule has 0 fully saturated rings. The van der Waals surface area contributed by atoms with Crippen LogP contribution in [-0.4, -0.2) is 26.7 Å². The molecule has 0 aliphatic carbocycles. The van der Waals surface area contributed by atoms with Gasteiger partial charge in [-0.25, -0.2) is 9.36 Å². The maximum Gasteiger partial charge on any atom is 0.333 e. The number of carbonyl (C=O) groups is 1. The second-order valence-electron chi connectivity index (χ2n) is 7.64. The molecular weight excluding hydrogens is 416 g/mol. The van der Waals surface area contributed by atoms with Gasteiger partial charge in [-0.3, -0.25) is 0 Å². The summed E-state index contributed by atoms with van der Waals surface area (Å²) >= 11 is 0. The van der Waals surface area contributed by atoms with E-state index >= 15 is 0 Å². The van der Waals surface area contributed by atoms with Crippen molar-refractivity contribution in [2.75, 3.05) is 25.6 Å². The number of aromatic nitrogens is 1. The molecule has 1 rings (SSSR count). The third kappa shape index (κ3) is 12.9. The molecule has 1 heterocycles. The average molecular weight is 455 g/mol. The second kappa shape index (κ2) is 16.6. The number of halogens is 1. The summed E-state index contributed by atoms with van der Waals surface area (Å²) in [6.45, 7) is 6.91. The first-order chi connectivity index (χ1) is 13.0. The van der Waals surface area contributed by atoms with E-state index in [0.29, 0.717) is 12.2 Å². The van der Waals surface area contributed by atoms with Gasteiger partial charge in [0.15, 0.2) is 12.4 Å². The predicted octanol–water partition coefficient (Wildman–Crippen LogP) is 2.06. The van der Waals surface area contributed by atoms with Gasteiger partial charge in [-0.1, -0.05) is 51.5 Å². The van der Waals surface area contributed by atoms with Crippen LogP contribution in [0.4, 0.5) is 5.69 Å². The SMILES string of the molecule is C=C(C)C(=O)OCCCCCCCCCCCC[n+]1ccc(N(C)C)cc1.[Br-]. The van der Waals surface area contributed by atoms with Crippen molar-refractivity contribution in [2.45, 2.75) is 77.7 Å². The van der Waals surface area contributed by atoms with Crippen LogP contribution in [0.3, 0.4) is 0 Å². The van der Waals surface area contributed by atoms with Crippen LogP contribution >= 0.6 is 0 Å². The standard InChI is InChI=1S/C23H39N2O2.BrH/c1-21(2)23(26)27-20-14-12-10-8-6-5-7-9-11-13-17-25-18-15-22(16-19-25)24(3)4;/h15-16,18-19H,1,5-14,17,20H2,2-4H3;1H/q+1;/p-1. The molecule has 28 heavy (non-hydrogen) atoms. The molecule has 5 heteroatoms. The van der Waals surface area contributed by atoms with E-state index in [4.69, 9.17) is 4.74 Å². The molecule has 160 valence electrons. The van der Waals surface area contributed by atoms with Gasteiger partial charge in [-0.15, -0.1) is 0 Å². The van der Waals surface area contributed by atoms with Gasteiger partial charge in [0.05, 0.1) is 6.61 Å². The van der Waals surface area contributed by atoms with E-state index in [0.717, 1.165) is 19.4 Å². The average Bonchev–Trinajstić information content (AvgIpc) is 2.65. The van der Waals surface area contributed by atoms with E-state index in [1.54, 1.807) is 6.92 Å². The van der Waals surface area contributed by atoms with Gasteiger partial charge < -0.3 is 26.6 Å². The first kappa shape index (κ1) is 26.6. The van der Waals surface area contributed by atoms with E-state index in [2.05, 4.69) is 54.7 Å². The summed E-state index contributed by atoms with van der Waals surface area (Å²) in [6, 6.07) is 4.34. The molecule has 0 atom stereocenters. The van der Waals surface area contributed by atoms with Gasteiger partial charge >= 0.3 is 5.97 Å². The molecular formula is C23H39BrN2O2. The Balaban J connectivity index is 0.00000729. The van der Waals surface area contributed by atoms with Crippen molar-refractivity contribution in [1.29, 1.82) is 0 Å². The van der Waals surface area contributed by atoms with Crippen molar-refractivity contribution >= 4 is 11.7 Å². The normalized spacial score (nSPS) is 10.2. The predicted molar refractivity (Wildman–Crippen MR) is 113 cm³/mol. The number of esters is 1. The highest BCUT2D eigenvalue weighted by molar-refractivity contribution is 5.86. The lowest BCUT2D eigenvalue weighted by Gasteiger charge is -2.10. The van der Waals surface area contributed by atoms with E-state index in [-0.39, 0.29) is 23.0 Å². The minimum absolute atomic E-state index is 0. The molecule has 1 aromatic heterocycles. The summed E-state index contributed by atoms with van der Waals surface area (Å²) < 4.78 is 7.37. The first-order valence-electron chi connectivity index (χ1n) is 10.5. The Morgan fingerprint density at radius 1 is 0.929 bits per heavy atom. The second-order valence-corrected chi connectivity index (χ2v) is 7.64. The van der Waals surface area contributed by atoms with Crippen LogP contribution in [-0.2, 0) is 16.1 Å². The molecule has 0 saturated heterocycles. The molecule has 0 aliphatic rings. The Bertz CT molecular complexity index is 544. The van der Waals surface area contributed by atoms with Crippen molar-refractivity contribution in [1.82, 2.24) is 0 Å². The van der Waals surface area contributed by atoms with E-state index in [9.17, 15) is 4.79 Å². The molecule has 0 aromatic carbocycles. The van der Waals surface area contributed by atoms with Crippen molar-refractivity contribution in [3.8, 4) is 0 Å². The highest BCUT2D eigenvalue weighted by Gasteiger charge is 2.03. The number of carbonyl (C=O) groups excluding carboxylic acids is 1. The Hall–Kier alpha value is -1.36. The van der Waals surface area contributed by atoms with Crippen LogP contribution in [0, 0.1) is 0 Å². The van der Waals surface area contributed by atoms with Gasteiger partial charge in [-0.05, 0) is 19.8 Å². The molecule has 0 saturated carbocycles. The molecule has 0 spiro atoms. The van der Waals surface area contributed by atoms with Crippen LogP contribution in [0.15, 0.2) is 36.7 Å². The zero-order chi connectivity index (χ0) is 19.9. The lowest BCUT2D eigenvalue weighted by atomic mass is 10.1. The molecule has 4 nitrogen and oxygen atoms in total. The minimum Gasteiger partial charge on any atom is -1.00 e. The van der Waals surface area contributed by atoms with Gasteiger partial charge in [0.1, 0.15) is 6.54 Å². The summed E-state index contributed by atoms with van der Waals surface area (Å²) in [6.07, 6.45) is 16.9. The number of hydrogen-bond acceptors (Lipinski definition) is 3. The lowest BCUT2D eigenvalue weighted by Crippen LogP contribution is -3.00. The Morgan fingerprint density at radius 3 is 1.86 bits per heavy atom. The number of aryl methyl sites for hydroxylation is 1. The lowest BCUT2D eigenvalue weighted by molar-refractivity contribution is -0.697. The Kier molecular flexibility index (Phi) is 15.8. The monoisotopic (exact) mass is 454 g/mol. The smallest absolute Gasteiger partial charge is 0.333 e. The van der Waals surface area contributed by atoms with Gasteiger partial charge in [0.2, 0.25) is 0 Å². The number of pyridine rings is 1. The molecule has 0 unspecified atom stereocenters. The summed E-state index contributed by atoms with van der Waals surface area (Å²) in [5.74, 6) is -0.265. The van der Waals surface area contributed by atoms with Crippen molar-refractivity contribution in [3.05, 3.63) is 36.7 Å². The van der Waals surface area contributed by atoms with Crippen LogP contribution < -0.4 is 26.4 Å². The van der Waals surface area contributed by atoms with E-state index in [1.165, 1.54) is 57.1 Å². The molecule has 0 amide bonds.